The maximum Gasteiger partial charge on any atom is 0.325 e. The number of aryl methyl sites for hydroxylation is 1. The van der Waals surface area contributed by atoms with E-state index < -0.39 is 11.1 Å². The van der Waals surface area contributed by atoms with Crippen LogP contribution in [-0.2, 0) is 10.3 Å². The van der Waals surface area contributed by atoms with Crippen LogP contribution in [0.2, 0.25) is 0 Å². The van der Waals surface area contributed by atoms with Crippen molar-refractivity contribution in [2.45, 2.75) is 45.2 Å². The molecule has 0 bridgehead atoms. The number of hydrogen-bond donors (Lipinski definition) is 2. The van der Waals surface area contributed by atoms with Gasteiger partial charge in [-0.25, -0.2) is 4.79 Å². The first kappa shape index (κ1) is 15.5. The molecule has 114 valence electrons. The van der Waals surface area contributed by atoms with E-state index in [4.69, 9.17) is 5.73 Å². The molecule has 1 atom stereocenters. The highest BCUT2D eigenvalue weighted by molar-refractivity contribution is 6.07. The Morgan fingerprint density at radius 1 is 1.24 bits per heavy atom. The van der Waals surface area contributed by atoms with Crippen molar-refractivity contribution in [2.24, 2.45) is 5.73 Å². The van der Waals surface area contributed by atoms with Gasteiger partial charge in [0, 0.05) is 12.1 Å². The van der Waals surface area contributed by atoms with Crippen LogP contribution in [0, 0.1) is 6.92 Å². The molecule has 5 heteroatoms. The van der Waals surface area contributed by atoms with Gasteiger partial charge in [0.15, 0.2) is 0 Å². The molecule has 1 aliphatic heterocycles. The molecule has 1 saturated heterocycles. The zero-order valence-corrected chi connectivity index (χ0v) is 13.1. The number of rotatable bonds is 4. The molecule has 0 radical (unpaired) electrons. The smallest absolute Gasteiger partial charge is 0.324 e. The summed E-state index contributed by atoms with van der Waals surface area (Å²) in [5, 5.41) is 2.86. The van der Waals surface area contributed by atoms with E-state index in [0.717, 1.165) is 11.1 Å². The van der Waals surface area contributed by atoms with Gasteiger partial charge in [-0.1, -0.05) is 36.8 Å². The summed E-state index contributed by atoms with van der Waals surface area (Å²) in [5.41, 5.74) is 6.28. The van der Waals surface area contributed by atoms with Gasteiger partial charge in [-0.15, -0.1) is 0 Å². The maximum absolute atomic E-state index is 12.8. The number of benzene rings is 1. The fourth-order valence-electron chi connectivity index (χ4n) is 2.65. The number of carbonyl (C=O) groups excluding carboxylic acids is 2. The van der Waals surface area contributed by atoms with Gasteiger partial charge in [-0.3, -0.25) is 9.69 Å². The van der Waals surface area contributed by atoms with E-state index in [1.807, 2.05) is 38.1 Å². The summed E-state index contributed by atoms with van der Waals surface area (Å²) in [7, 11) is 0. The molecule has 5 nitrogen and oxygen atoms in total. The largest absolute Gasteiger partial charge is 0.325 e. The quantitative estimate of drug-likeness (QED) is 0.831. The summed E-state index contributed by atoms with van der Waals surface area (Å²) in [6.07, 6.45) is 0.502. The Bertz CT molecular complexity index is 560. The number of hydrogen-bond acceptors (Lipinski definition) is 3. The number of imide groups is 1. The SMILES string of the molecule is CCC1(c2ccc(C)cc2)NC(=O)N(CC(C)(C)N)C1=O. The number of urea groups is 1. The van der Waals surface area contributed by atoms with Crippen LogP contribution in [0.3, 0.4) is 0 Å². The lowest BCUT2D eigenvalue weighted by molar-refractivity contribution is -0.132. The molecule has 1 fully saturated rings. The van der Waals surface area contributed by atoms with Crippen molar-refractivity contribution in [2.75, 3.05) is 6.54 Å². The highest BCUT2D eigenvalue weighted by atomic mass is 16.2. The third-order valence-corrected chi connectivity index (χ3v) is 3.82. The molecule has 21 heavy (non-hydrogen) atoms. The van der Waals surface area contributed by atoms with Crippen LogP contribution in [0.15, 0.2) is 24.3 Å². The molecule has 0 spiro atoms. The average Bonchev–Trinajstić information content (AvgIpc) is 2.63. The van der Waals surface area contributed by atoms with Crippen molar-refractivity contribution in [1.82, 2.24) is 10.2 Å². The lowest BCUT2D eigenvalue weighted by atomic mass is 9.86. The Morgan fingerprint density at radius 3 is 2.29 bits per heavy atom. The van der Waals surface area contributed by atoms with Crippen molar-refractivity contribution in [3.63, 3.8) is 0 Å². The van der Waals surface area contributed by atoms with Crippen molar-refractivity contribution in [1.29, 1.82) is 0 Å². The number of amides is 3. The Balaban J connectivity index is 2.39. The monoisotopic (exact) mass is 289 g/mol. The van der Waals surface area contributed by atoms with Gasteiger partial charge in [-0.05, 0) is 32.8 Å². The van der Waals surface area contributed by atoms with Crippen LogP contribution in [0.5, 0.6) is 0 Å². The summed E-state index contributed by atoms with van der Waals surface area (Å²) in [6, 6.07) is 7.31. The van der Waals surface area contributed by atoms with Crippen LogP contribution >= 0.6 is 0 Å². The average molecular weight is 289 g/mol. The van der Waals surface area contributed by atoms with Gasteiger partial charge >= 0.3 is 6.03 Å². The minimum Gasteiger partial charge on any atom is -0.324 e. The predicted molar refractivity (Wildman–Crippen MR) is 81.7 cm³/mol. The van der Waals surface area contributed by atoms with E-state index in [0.29, 0.717) is 6.42 Å². The van der Waals surface area contributed by atoms with Crippen LogP contribution in [0.4, 0.5) is 4.79 Å². The summed E-state index contributed by atoms with van der Waals surface area (Å²) >= 11 is 0. The lowest BCUT2D eigenvalue weighted by Crippen LogP contribution is -2.49. The first-order valence-electron chi connectivity index (χ1n) is 7.20. The molecular formula is C16H23N3O2. The third-order valence-electron chi connectivity index (χ3n) is 3.82. The second kappa shape index (κ2) is 5.15. The number of nitrogens with two attached hydrogens (primary N) is 1. The minimum absolute atomic E-state index is 0.200. The summed E-state index contributed by atoms with van der Waals surface area (Å²) < 4.78 is 0. The molecule has 1 aromatic carbocycles. The van der Waals surface area contributed by atoms with Gasteiger partial charge in [0.25, 0.3) is 5.91 Å². The lowest BCUT2D eigenvalue weighted by Gasteiger charge is -2.28. The van der Waals surface area contributed by atoms with E-state index in [-0.39, 0.29) is 18.5 Å². The molecule has 3 amide bonds. The molecule has 0 aromatic heterocycles. The van der Waals surface area contributed by atoms with Crippen LogP contribution in [-0.4, -0.2) is 28.9 Å². The van der Waals surface area contributed by atoms with Crippen LogP contribution in [0.1, 0.15) is 38.3 Å². The standard InChI is InChI=1S/C16H23N3O2/c1-5-16(12-8-6-11(2)7-9-12)13(20)19(14(21)18-16)10-15(3,4)17/h6-9H,5,10,17H2,1-4H3,(H,18,21). The maximum atomic E-state index is 12.8. The normalized spacial score (nSPS) is 22.6. The van der Waals surface area contributed by atoms with Gasteiger partial charge < -0.3 is 11.1 Å². The molecule has 3 N–H and O–H groups in total. The van der Waals surface area contributed by atoms with Crippen molar-refractivity contribution in [3.8, 4) is 0 Å². The third kappa shape index (κ3) is 2.78. The summed E-state index contributed by atoms with van der Waals surface area (Å²) in [4.78, 5) is 26.3. The molecular weight excluding hydrogens is 266 g/mol. The number of carbonyl (C=O) groups is 2. The topological polar surface area (TPSA) is 75.4 Å². The molecule has 0 aliphatic carbocycles. The van der Waals surface area contributed by atoms with Crippen LogP contribution in [0.25, 0.3) is 0 Å². The van der Waals surface area contributed by atoms with E-state index >= 15 is 0 Å². The van der Waals surface area contributed by atoms with E-state index in [1.54, 1.807) is 13.8 Å². The Labute approximate surface area is 125 Å². The van der Waals surface area contributed by atoms with Crippen molar-refractivity contribution < 1.29 is 9.59 Å². The molecule has 1 heterocycles. The van der Waals surface area contributed by atoms with Gasteiger partial charge in [0.05, 0.1) is 0 Å². The summed E-state index contributed by atoms with van der Waals surface area (Å²) in [6.45, 7) is 7.68. The van der Waals surface area contributed by atoms with Gasteiger partial charge in [0.2, 0.25) is 0 Å². The molecule has 0 saturated carbocycles. The predicted octanol–water partition coefficient (Wildman–Crippen LogP) is 1.89. The highest BCUT2D eigenvalue weighted by Gasteiger charge is 2.51. The second-order valence-corrected chi connectivity index (χ2v) is 6.43. The fourth-order valence-corrected chi connectivity index (χ4v) is 2.65. The highest BCUT2D eigenvalue weighted by Crippen LogP contribution is 2.33. The minimum atomic E-state index is -0.976. The Hall–Kier alpha value is -1.88. The summed E-state index contributed by atoms with van der Waals surface area (Å²) in [5.74, 6) is -0.225. The van der Waals surface area contributed by atoms with Gasteiger partial charge in [-0.2, -0.15) is 0 Å². The van der Waals surface area contributed by atoms with Crippen molar-refractivity contribution >= 4 is 11.9 Å². The molecule has 2 rings (SSSR count). The molecule has 1 aliphatic rings. The Kier molecular flexibility index (Phi) is 3.80. The second-order valence-electron chi connectivity index (χ2n) is 6.43. The Morgan fingerprint density at radius 2 is 1.81 bits per heavy atom. The first-order chi connectivity index (χ1) is 9.69. The molecule has 1 unspecified atom stereocenters. The number of nitrogens with one attached hydrogen (secondary N) is 1. The molecule has 1 aromatic rings. The van der Waals surface area contributed by atoms with Gasteiger partial charge in [0.1, 0.15) is 5.54 Å². The fraction of sp³-hybridized carbons (Fsp3) is 0.500. The van der Waals surface area contributed by atoms with E-state index in [2.05, 4.69) is 5.32 Å². The number of nitrogens with zero attached hydrogens (tertiary/aromatic N) is 1. The van der Waals surface area contributed by atoms with E-state index in [1.165, 1.54) is 4.90 Å². The van der Waals surface area contributed by atoms with Crippen molar-refractivity contribution in [3.05, 3.63) is 35.4 Å². The zero-order valence-electron chi connectivity index (χ0n) is 13.1. The zero-order chi connectivity index (χ0) is 15.8. The first-order valence-corrected chi connectivity index (χ1v) is 7.20. The van der Waals surface area contributed by atoms with E-state index in [9.17, 15) is 9.59 Å². The van der Waals surface area contributed by atoms with Crippen LogP contribution < -0.4 is 11.1 Å².